The third-order valence-electron chi connectivity index (χ3n) is 4.04. The summed E-state index contributed by atoms with van der Waals surface area (Å²) in [4.78, 5) is 11.1. The summed E-state index contributed by atoms with van der Waals surface area (Å²) in [6.45, 7) is 3.97. The van der Waals surface area contributed by atoms with Crippen molar-refractivity contribution in [3.63, 3.8) is 0 Å². The van der Waals surface area contributed by atoms with Crippen molar-refractivity contribution >= 4 is 5.97 Å². The molecule has 1 aliphatic rings. The minimum atomic E-state index is -0.844. The smallest absolute Gasteiger partial charge is 0.336 e. The van der Waals surface area contributed by atoms with Crippen LogP contribution in [0.5, 0.6) is 0 Å². The third kappa shape index (κ3) is 4.06. The molecule has 2 unspecified atom stereocenters. The zero-order chi connectivity index (χ0) is 13.7. The Labute approximate surface area is 115 Å². The molecule has 2 N–H and O–H groups in total. The first-order chi connectivity index (χ1) is 9.16. The summed E-state index contributed by atoms with van der Waals surface area (Å²) in [5.41, 5.74) is 1.28. The summed E-state index contributed by atoms with van der Waals surface area (Å²) >= 11 is 0. The van der Waals surface area contributed by atoms with E-state index >= 15 is 0 Å². The van der Waals surface area contributed by atoms with E-state index in [9.17, 15) is 4.79 Å². The molecule has 0 bridgehead atoms. The number of carboxylic acids is 1. The fraction of sp³-hybridized carbons (Fsp3) is 0.562. The van der Waals surface area contributed by atoms with Gasteiger partial charge >= 0.3 is 5.97 Å². The standard InChI is InChI=1S/C16H23NO2/c1-12-5-4-6-13(9-12)10-17-11-14-7-2-3-8-15(14)16(18)19/h2-3,7-8,12-13,17H,4-6,9-11H2,1H3,(H,18,19). The van der Waals surface area contributed by atoms with Gasteiger partial charge in [0, 0.05) is 6.54 Å². The molecule has 3 heteroatoms. The molecular weight excluding hydrogens is 238 g/mol. The van der Waals surface area contributed by atoms with E-state index in [4.69, 9.17) is 5.11 Å². The fourth-order valence-corrected chi connectivity index (χ4v) is 3.04. The van der Waals surface area contributed by atoms with Crippen LogP contribution in [0.2, 0.25) is 0 Å². The predicted octanol–water partition coefficient (Wildman–Crippen LogP) is 3.30. The van der Waals surface area contributed by atoms with Gasteiger partial charge in [0.2, 0.25) is 0 Å². The van der Waals surface area contributed by atoms with Gasteiger partial charge in [0.05, 0.1) is 5.56 Å². The molecule has 0 heterocycles. The van der Waals surface area contributed by atoms with Gasteiger partial charge in [-0.1, -0.05) is 38.0 Å². The van der Waals surface area contributed by atoms with Crippen molar-refractivity contribution in [2.45, 2.75) is 39.2 Å². The first-order valence-corrected chi connectivity index (χ1v) is 7.18. The highest BCUT2D eigenvalue weighted by molar-refractivity contribution is 5.89. The van der Waals surface area contributed by atoms with Crippen LogP contribution in [0.3, 0.4) is 0 Å². The van der Waals surface area contributed by atoms with Crippen LogP contribution in [0.1, 0.15) is 48.5 Å². The van der Waals surface area contributed by atoms with E-state index in [1.54, 1.807) is 12.1 Å². The van der Waals surface area contributed by atoms with E-state index in [1.165, 1.54) is 25.7 Å². The fourth-order valence-electron chi connectivity index (χ4n) is 3.04. The summed E-state index contributed by atoms with van der Waals surface area (Å²) < 4.78 is 0. The lowest BCUT2D eigenvalue weighted by Crippen LogP contribution is -2.26. The normalized spacial score (nSPS) is 23.2. The van der Waals surface area contributed by atoms with Crippen molar-refractivity contribution in [2.24, 2.45) is 11.8 Å². The molecule has 3 nitrogen and oxygen atoms in total. The van der Waals surface area contributed by atoms with Crippen molar-refractivity contribution in [1.82, 2.24) is 5.32 Å². The van der Waals surface area contributed by atoms with Gasteiger partial charge in [-0.3, -0.25) is 0 Å². The lowest BCUT2D eigenvalue weighted by molar-refractivity contribution is 0.0695. The average Bonchev–Trinajstić information content (AvgIpc) is 2.39. The van der Waals surface area contributed by atoms with Crippen LogP contribution in [-0.4, -0.2) is 17.6 Å². The molecule has 1 fully saturated rings. The van der Waals surface area contributed by atoms with Crippen LogP contribution < -0.4 is 5.32 Å². The molecule has 0 aliphatic heterocycles. The van der Waals surface area contributed by atoms with Crippen LogP contribution in [0.15, 0.2) is 24.3 Å². The van der Waals surface area contributed by atoms with Gasteiger partial charge in [0.25, 0.3) is 0 Å². The molecule has 19 heavy (non-hydrogen) atoms. The number of nitrogens with one attached hydrogen (secondary N) is 1. The Bertz CT molecular complexity index is 431. The Morgan fingerprint density at radius 1 is 1.37 bits per heavy atom. The van der Waals surface area contributed by atoms with Crippen LogP contribution in [0.4, 0.5) is 0 Å². The molecule has 0 spiro atoms. The lowest BCUT2D eigenvalue weighted by atomic mass is 9.82. The van der Waals surface area contributed by atoms with Crippen LogP contribution >= 0.6 is 0 Å². The molecule has 0 saturated heterocycles. The number of hydrogen-bond acceptors (Lipinski definition) is 2. The topological polar surface area (TPSA) is 49.3 Å². The minimum absolute atomic E-state index is 0.409. The van der Waals surface area contributed by atoms with Gasteiger partial charge in [0.15, 0.2) is 0 Å². The largest absolute Gasteiger partial charge is 0.478 e. The van der Waals surface area contributed by atoms with Crippen LogP contribution in [-0.2, 0) is 6.54 Å². The van der Waals surface area contributed by atoms with Crippen molar-refractivity contribution in [3.8, 4) is 0 Å². The Morgan fingerprint density at radius 3 is 2.89 bits per heavy atom. The molecule has 0 amide bonds. The molecule has 1 aliphatic carbocycles. The van der Waals surface area contributed by atoms with Gasteiger partial charge < -0.3 is 10.4 Å². The summed E-state index contributed by atoms with van der Waals surface area (Å²) in [6.07, 6.45) is 5.29. The van der Waals surface area contributed by atoms with Crippen LogP contribution in [0, 0.1) is 11.8 Å². The molecule has 1 aromatic rings. The number of benzene rings is 1. The highest BCUT2D eigenvalue weighted by atomic mass is 16.4. The zero-order valence-corrected chi connectivity index (χ0v) is 11.6. The van der Waals surface area contributed by atoms with Crippen LogP contribution in [0.25, 0.3) is 0 Å². The Morgan fingerprint density at radius 2 is 2.16 bits per heavy atom. The monoisotopic (exact) mass is 261 g/mol. The molecule has 2 rings (SSSR count). The Hall–Kier alpha value is -1.35. The van der Waals surface area contributed by atoms with E-state index in [-0.39, 0.29) is 0 Å². The van der Waals surface area contributed by atoms with Crippen molar-refractivity contribution in [3.05, 3.63) is 35.4 Å². The molecule has 2 atom stereocenters. The van der Waals surface area contributed by atoms with E-state index in [1.807, 2.05) is 12.1 Å². The summed E-state index contributed by atoms with van der Waals surface area (Å²) in [5, 5.41) is 12.5. The first-order valence-electron chi connectivity index (χ1n) is 7.18. The van der Waals surface area contributed by atoms with Gasteiger partial charge in [-0.05, 0) is 42.9 Å². The van der Waals surface area contributed by atoms with Crippen molar-refractivity contribution < 1.29 is 9.90 Å². The minimum Gasteiger partial charge on any atom is -0.478 e. The maximum atomic E-state index is 11.1. The van der Waals surface area contributed by atoms with Gasteiger partial charge in [-0.25, -0.2) is 4.79 Å². The molecule has 0 radical (unpaired) electrons. The van der Waals surface area contributed by atoms with Crippen molar-refractivity contribution in [2.75, 3.05) is 6.54 Å². The number of hydrogen-bond donors (Lipinski definition) is 2. The molecule has 104 valence electrons. The molecule has 1 saturated carbocycles. The van der Waals surface area contributed by atoms with E-state index in [0.29, 0.717) is 12.1 Å². The number of carboxylic acid groups (broad SMARTS) is 1. The second kappa shape index (κ2) is 6.71. The first kappa shape index (κ1) is 14.1. The van der Waals surface area contributed by atoms with E-state index in [0.717, 1.165) is 23.9 Å². The summed E-state index contributed by atoms with van der Waals surface area (Å²) in [5.74, 6) is 0.747. The van der Waals surface area contributed by atoms with E-state index in [2.05, 4.69) is 12.2 Å². The molecule has 1 aromatic carbocycles. The predicted molar refractivity (Wildman–Crippen MR) is 76.2 cm³/mol. The second-order valence-corrected chi connectivity index (χ2v) is 5.73. The maximum Gasteiger partial charge on any atom is 0.336 e. The quantitative estimate of drug-likeness (QED) is 0.855. The number of carbonyl (C=O) groups is 1. The number of aromatic carboxylic acids is 1. The van der Waals surface area contributed by atoms with Crippen molar-refractivity contribution in [1.29, 1.82) is 0 Å². The summed E-state index contributed by atoms with van der Waals surface area (Å²) in [6, 6.07) is 7.23. The second-order valence-electron chi connectivity index (χ2n) is 5.73. The van der Waals surface area contributed by atoms with Gasteiger partial charge in [0.1, 0.15) is 0 Å². The molecular formula is C16H23NO2. The van der Waals surface area contributed by atoms with Gasteiger partial charge in [-0.15, -0.1) is 0 Å². The average molecular weight is 261 g/mol. The highest BCUT2D eigenvalue weighted by Crippen LogP contribution is 2.27. The third-order valence-corrected chi connectivity index (χ3v) is 4.04. The molecule has 0 aromatic heterocycles. The number of rotatable bonds is 5. The summed E-state index contributed by atoms with van der Waals surface area (Å²) in [7, 11) is 0. The zero-order valence-electron chi connectivity index (χ0n) is 11.6. The van der Waals surface area contributed by atoms with Gasteiger partial charge in [-0.2, -0.15) is 0 Å². The Balaban J connectivity index is 1.84. The SMILES string of the molecule is CC1CCCC(CNCc2ccccc2C(=O)O)C1. The van der Waals surface area contributed by atoms with E-state index < -0.39 is 5.97 Å². The maximum absolute atomic E-state index is 11.1. The highest BCUT2D eigenvalue weighted by Gasteiger charge is 2.18. The Kier molecular flexibility index (Phi) is 4.97. The lowest BCUT2D eigenvalue weighted by Gasteiger charge is -2.26.